The third-order valence-electron chi connectivity index (χ3n) is 5.70. The SMILES string of the molecule is CC(=O)N1CCC2(C=C(C(=O)N3CC[C@H](N)C3)c3ccccc3O2)CC1. The standard InChI is InChI=1S/C20H25N3O3/c1-14(24)22-10-7-20(8-11-22)12-17(16-4-2-3-5-18(16)26-20)19(25)23-9-6-15(21)13-23/h2-5,12,15H,6-11,13,21H2,1H3/t15-/m0/s1. The van der Waals surface area contributed by atoms with Gasteiger partial charge in [0.15, 0.2) is 0 Å². The van der Waals surface area contributed by atoms with Crippen molar-refractivity contribution in [1.82, 2.24) is 9.80 Å². The molecule has 0 bridgehead atoms. The number of nitrogens with zero attached hydrogens (tertiary/aromatic N) is 2. The normalized spacial score (nSPS) is 24.1. The number of hydrogen-bond acceptors (Lipinski definition) is 4. The first-order chi connectivity index (χ1) is 12.5. The van der Waals surface area contributed by atoms with E-state index in [1.807, 2.05) is 40.1 Å². The molecule has 0 unspecified atom stereocenters. The molecule has 2 N–H and O–H groups in total. The molecular weight excluding hydrogens is 330 g/mol. The fraction of sp³-hybridized carbons (Fsp3) is 0.500. The summed E-state index contributed by atoms with van der Waals surface area (Å²) in [6.45, 7) is 4.18. The zero-order chi connectivity index (χ0) is 18.3. The number of piperidine rings is 1. The van der Waals surface area contributed by atoms with Crippen molar-refractivity contribution >= 4 is 17.4 Å². The minimum absolute atomic E-state index is 0.0297. The molecule has 26 heavy (non-hydrogen) atoms. The fourth-order valence-electron chi connectivity index (χ4n) is 4.13. The molecule has 0 aromatic heterocycles. The molecule has 0 aliphatic carbocycles. The van der Waals surface area contributed by atoms with E-state index in [0.717, 1.165) is 17.7 Å². The number of carbonyl (C=O) groups excluding carboxylic acids is 2. The van der Waals surface area contributed by atoms with E-state index in [1.165, 1.54) is 0 Å². The Bertz CT molecular complexity index is 765. The van der Waals surface area contributed by atoms with Gasteiger partial charge in [-0.05, 0) is 18.6 Å². The monoisotopic (exact) mass is 355 g/mol. The average molecular weight is 355 g/mol. The molecule has 1 spiro atoms. The lowest BCUT2D eigenvalue weighted by Crippen LogP contribution is -2.49. The lowest BCUT2D eigenvalue weighted by atomic mass is 9.84. The maximum absolute atomic E-state index is 13.2. The van der Waals surface area contributed by atoms with Crippen LogP contribution in [0.1, 0.15) is 31.7 Å². The molecule has 2 fully saturated rings. The van der Waals surface area contributed by atoms with Gasteiger partial charge in [0.1, 0.15) is 11.4 Å². The van der Waals surface area contributed by atoms with Crippen molar-refractivity contribution in [3.05, 3.63) is 35.9 Å². The zero-order valence-corrected chi connectivity index (χ0v) is 15.1. The Kier molecular flexibility index (Phi) is 4.23. The first-order valence-corrected chi connectivity index (χ1v) is 9.29. The summed E-state index contributed by atoms with van der Waals surface area (Å²) in [5.41, 5.74) is 7.02. The van der Waals surface area contributed by atoms with Gasteiger partial charge in [-0.2, -0.15) is 0 Å². The van der Waals surface area contributed by atoms with Crippen LogP contribution in [0.3, 0.4) is 0 Å². The lowest BCUT2D eigenvalue weighted by Gasteiger charge is -2.42. The number of rotatable bonds is 1. The minimum Gasteiger partial charge on any atom is -0.482 e. The molecular formula is C20H25N3O3. The number of nitrogens with two attached hydrogens (primary N) is 1. The van der Waals surface area contributed by atoms with E-state index >= 15 is 0 Å². The molecule has 0 saturated carbocycles. The first-order valence-electron chi connectivity index (χ1n) is 9.29. The predicted molar refractivity (Wildman–Crippen MR) is 98.4 cm³/mol. The van der Waals surface area contributed by atoms with Crippen LogP contribution >= 0.6 is 0 Å². The van der Waals surface area contributed by atoms with Crippen LogP contribution in [-0.2, 0) is 9.59 Å². The highest BCUT2D eigenvalue weighted by Crippen LogP contribution is 2.41. The van der Waals surface area contributed by atoms with Crippen molar-refractivity contribution in [3.8, 4) is 5.75 Å². The van der Waals surface area contributed by atoms with Crippen LogP contribution in [0.15, 0.2) is 30.3 Å². The molecule has 0 radical (unpaired) electrons. The van der Waals surface area contributed by atoms with E-state index in [-0.39, 0.29) is 17.9 Å². The van der Waals surface area contributed by atoms with Gasteiger partial charge in [0.25, 0.3) is 5.91 Å². The van der Waals surface area contributed by atoms with Gasteiger partial charge < -0.3 is 20.3 Å². The van der Waals surface area contributed by atoms with Crippen LogP contribution in [0.25, 0.3) is 5.57 Å². The molecule has 1 atom stereocenters. The third kappa shape index (κ3) is 2.98. The Morgan fingerprint density at radius 3 is 2.54 bits per heavy atom. The maximum atomic E-state index is 13.2. The molecule has 6 heteroatoms. The summed E-state index contributed by atoms with van der Waals surface area (Å²) in [4.78, 5) is 28.5. The molecule has 6 nitrogen and oxygen atoms in total. The second kappa shape index (κ2) is 6.43. The van der Waals surface area contributed by atoms with Crippen LogP contribution in [0, 0.1) is 0 Å². The van der Waals surface area contributed by atoms with Gasteiger partial charge in [0.05, 0.1) is 5.57 Å². The second-order valence-electron chi connectivity index (χ2n) is 7.53. The Labute approximate surface area is 153 Å². The molecule has 4 rings (SSSR count). The topological polar surface area (TPSA) is 75.9 Å². The summed E-state index contributed by atoms with van der Waals surface area (Å²) >= 11 is 0. The van der Waals surface area contributed by atoms with Gasteiger partial charge >= 0.3 is 0 Å². The van der Waals surface area contributed by atoms with E-state index < -0.39 is 5.60 Å². The van der Waals surface area contributed by atoms with Crippen LogP contribution in [-0.4, -0.2) is 59.4 Å². The Hall–Kier alpha value is -2.34. The van der Waals surface area contributed by atoms with Crippen LogP contribution in [0.2, 0.25) is 0 Å². The van der Waals surface area contributed by atoms with Gasteiger partial charge in [-0.15, -0.1) is 0 Å². The Morgan fingerprint density at radius 2 is 1.88 bits per heavy atom. The summed E-state index contributed by atoms with van der Waals surface area (Å²) in [7, 11) is 0. The van der Waals surface area contributed by atoms with E-state index in [0.29, 0.717) is 44.6 Å². The lowest BCUT2D eigenvalue weighted by molar-refractivity contribution is -0.131. The summed E-state index contributed by atoms with van der Waals surface area (Å²) in [5.74, 6) is 0.864. The first kappa shape index (κ1) is 17.1. The van der Waals surface area contributed by atoms with Crippen molar-refractivity contribution in [2.24, 2.45) is 5.73 Å². The fourth-order valence-corrected chi connectivity index (χ4v) is 4.13. The van der Waals surface area contributed by atoms with Crippen LogP contribution in [0.4, 0.5) is 0 Å². The van der Waals surface area contributed by atoms with Crippen molar-refractivity contribution in [2.75, 3.05) is 26.2 Å². The van der Waals surface area contributed by atoms with Gasteiger partial charge in [-0.1, -0.05) is 18.2 Å². The van der Waals surface area contributed by atoms with E-state index in [2.05, 4.69) is 0 Å². The molecule has 2 saturated heterocycles. The van der Waals surface area contributed by atoms with Crippen molar-refractivity contribution < 1.29 is 14.3 Å². The van der Waals surface area contributed by atoms with Crippen molar-refractivity contribution in [1.29, 1.82) is 0 Å². The molecule has 1 aromatic rings. The Balaban J connectivity index is 1.66. The number of likely N-dealkylation sites (tertiary alicyclic amines) is 2. The summed E-state index contributed by atoms with van der Waals surface area (Å²) in [5, 5.41) is 0. The zero-order valence-electron chi connectivity index (χ0n) is 15.1. The predicted octanol–water partition coefficient (Wildman–Crippen LogP) is 1.40. The third-order valence-corrected chi connectivity index (χ3v) is 5.70. The smallest absolute Gasteiger partial charge is 0.254 e. The highest BCUT2D eigenvalue weighted by Gasteiger charge is 2.41. The number of amides is 2. The average Bonchev–Trinajstić information content (AvgIpc) is 3.07. The molecule has 138 valence electrons. The van der Waals surface area contributed by atoms with Crippen molar-refractivity contribution in [3.63, 3.8) is 0 Å². The highest BCUT2D eigenvalue weighted by atomic mass is 16.5. The van der Waals surface area contributed by atoms with E-state index in [9.17, 15) is 9.59 Å². The molecule has 3 heterocycles. The number of hydrogen-bond donors (Lipinski definition) is 1. The van der Waals surface area contributed by atoms with Gasteiger partial charge in [0.2, 0.25) is 5.91 Å². The molecule has 2 amide bonds. The van der Waals surface area contributed by atoms with E-state index in [4.69, 9.17) is 10.5 Å². The van der Waals surface area contributed by atoms with Crippen LogP contribution < -0.4 is 10.5 Å². The Morgan fingerprint density at radius 1 is 1.15 bits per heavy atom. The minimum atomic E-state index is -0.521. The van der Waals surface area contributed by atoms with Gasteiger partial charge in [-0.3, -0.25) is 9.59 Å². The number of fused-ring (bicyclic) bond motifs is 1. The number of ether oxygens (including phenoxy) is 1. The largest absolute Gasteiger partial charge is 0.482 e. The highest BCUT2D eigenvalue weighted by molar-refractivity contribution is 6.20. The second-order valence-corrected chi connectivity index (χ2v) is 7.53. The van der Waals surface area contributed by atoms with E-state index in [1.54, 1.807) is 6.92 Å². The summed E-state index contributed by atoms with van der Waals surface area (Å²) in [6.07, 6.45) is 4.23. The summed E-state index contributed by atoms with van der Waals surface area (Å²) < 4.78 is 6.34. The van der Waals surface area contributed by atoms with Crippen LogP contribution in [0.5, 0.6) is 5.75 Å². The molecule has 3 aliphatic rings. The number of benzene rings is 1. The number of carbonyl (C=O) groups is 2. The van der Waals surface area contributed by atoms with Gasteiger partial charge in [-0.25, -0.2) is 0 Å². The molecule has 1 aromatic carbocycles. The summed E-state index contributed by atoms with van der Waals surface area (Å²) in [6, 6.07) is 7.77. The van der Waals surface area contributed by atoms with Gasteiger partial charge in [0, 0.05) is 57.5 Å². The number of para-hydroxylation sites is 1. The maximum Gasteiger partial charge on any atom is 0.254 e. The molecule has 3 aliphatic heterocycles. The van der Waals surface area contributed by atoms with Crippen molar-refractivity contribution in [2.45, 2.75) is 37.8 Å². The quantitative estimate of drug-likeness (QED) is 0.826.